The number of allylic oxidation sites excluding steroid dienone is 2. The molecular weight excluding hydrogens is 312 g/mol. The fraction of sp³-hybridized carbons (Fsp3) is 0.400. The fourth-order valence-corrected chi connectivity index (χ4v) is 3.62. The molecule has 1 fully saturated rings. The molecular formula is C20H24N4O. The lowest BCUT2D eigenvalue weighted by Gasteiger charge is -2.30. The zero-order valence-electron chi connectivity index (χ0n) is 14.7. The van der Waals surface area contributed by atoms with Crippen molar-refractivity contribution in [1.82, 2.24) is 15.5 Å². The van der Waals surface area contributed by atoms with E-state index in [1.807, 2.05) is 12.3 Å². The Morgan fingerprint density at radius 1 is 1.32 bits per heavy atom. The highest BCUT2D eigenvalue weighted by Crippen LogP contribution is 2.39. The van der Waals surface area contributed by atoms with Crippen LogP contribution in [-0.4, -0.2) is 29.2 Å². The molecule has 0 radical (unpaired) electrons. The van der Waals surface area contributed by atoms with Gasteiger partial charge in [0.25, 0.3) is 0 Å². The number of hydrogen-bond donors (Lipinski definition) is 2. The number of rotatable bonds is 4. The van der Waals surface area contributed by atoms with Gasteiger partial charge in [0.15, 0.2) is 0 Å². The molecule has 0 bridgehead atoms. The Morgan fingerprint density at radius 3 is 2.88 bits per heavy atom. The number of aliphatic imine (C=N–C) groups is 1. The fourth-order valence-electron chi connectivity index (χ4n) is 3.62. The van der Waals surface area contributed by atoms with Crippen molar-refractivity contribution < 1.29 is 4.79 Å². The Kier molecular flexibility index (Phi) is 4.17. The number of nitrogens with zero attached hydrogens (tertiary/aromatic N) is 2. The first kappa shape index (κ1) is 16.1. The lowest BCUT2D eigenvalue weighted by atomic mass is 10.1. The van der Waals surface area contributed by atoms with Gasteiger partial charge < -0.3 is 15.5 Å². The highest BCUT2D eigenvalue weighted by molar-refractivity contribution is 5.91. The van der Waals surface area contributed by atoms with Gasteiger partial charge in [0, 0.05) is 30.3 Å². The van der Waals surface area contributed by atoms with Crippen molar-refractivity contribution in [2.24, 2.45) is 4.99 Å². The van der Waals surface area contributed by atoms with Crippen LogP contribution in [0.3, 0.4) is 0 Å². The lowest BCUT2D eigenvalue weighted by molar-refractivity contribution is -0.121. The first-order chi connectivity index (χ1) is 12.1. The van der Waals surface area contributed by atoms with Crippen molar-refractivity contribution >= 4 is 17.8 Å². The van der Waals surface area contributed by atoms with E-state index >= 15 is 0 Å². The van der Waals surface area contributed by atoms with Crippen LogP contribution in [0.15, 0.2) is 46.7 Å². The minimum atomic E-state index is 0.0625. The first-order valence-electron chi connectivity index (χ1n) is 9.00. The van der Waals surface area contributed by atoms with Crippen LogP contribution in [0.25, 0.3) is 5.70 Å². The second-order valence-electron chi connectivity index (χ2n) is 7.11. The third kappa shape index (κ3) is 3.12. The predicted octanol–water partition coefficient (Wildman–Crippen LogP) is 2.76. The van der Waals surface area contributed by atoms with Crippen LogP contribution < -0.4 is 10.6 Å². The summed E-state index contributed by atoms with van der Waals surface area (Å²) in [6, 6.07) is 9.10. The van der Waals surface area contributed by atoms with Gasteiger partial charge in [-0.3, -0.25) is 9.79 Å². The first-order valence-corrected chi connectivity index (χ1v) is 9.00. The molecule has 2 N–H and O–H groups in total. The topological polar surface area (TPSA) is 56.7 Å². The van der Waals surface area contributed by atoms with E-state index in [1.165, 1.54) is 11.3 Å². The molecule has 5 heteroatoms. The zero-order valence-corrected chi connectivity index (χ0v) is 14.7. The number of nitrogens with one attached hydrogen (secondary N) is 2. The number of carbonyl (C=O) groups is 1. The van der Waals surface area contributed by atoms with Gasteiger partial charge in [-0.05, 0) is 24.5 Å². The maximum Gasteiger partial charge on any atom is 0.225 e. The second-order valence-corrected chi connectivity index (χ2v) is 7.11. The van der Waals surface area contributed by atoms with Gasteiger partial charge in [-0.1, -0.05) is 38.1 Å². The van der Waals surface area contributed by atoms with Crippen LogP contribution in [0.5, 0.6) is 0 Å². The Labute approximate surface area is 148 Å². The largest absolute Gasteiger partial charge is 0.335 e. The van der Waals surface area contributed by atoms with E-state index < -0.39 is 0 Å². The van der Waals surface area contributed by atoms with E-state index in [0.29, 0.717) is 12.5 Å². The van der Waals surface area contributed by atoms with Crippen molar-refractivity contribution in [3.8, 4) is 0 Å². The van der Waals surface area contributed by atoms with Crippen molar-refractivity contribution in [3.05, 3.63) is 52.9 Å². The standard InChI is InChI=1S/C20H24N4O/c1-13(2)21-11-14-3-5-15(6-4-14)20-17-8-9-18-23-19(25)10-7-16(12-22-20)24(17)18/h3-7,12-13,18,21H,8-11H2,1-2H3,(H,23,25). The minimum Gasteiger partial charge on any atom is -0.335 e. The molecule has 25 heavy (non-hydrogen) atoms. The zero-order chi connectivity index (χ0) is 17.4. The number of carbonyl (C=O) groups excluding carboxylic acids is 1. The van der Waals surface area contributed by atoms with Crippen LogP contribution in [0.1, 0.15) is 44.2 Å². The summed E-state index contributed by atoms with van der Waals surface area (Å²) in [6.45, 7) is 5.18. The molecule has 0 saturated carbocycles. The Morgan fingerprint density at radius 2 is 2.12 bits per heavy atom. The highest BCUT2D eigenvalue weighted by Gasteiger charge is 2.36. The summed E-state index contributed by atoms with van der Waals surface area (Å²) < 4.78 is 0. The van der Waals surface area contributed by atoms with Crippen LogP contribution in [0.4, 0.5) is 0 Å². The van der Waals surface area contributed by atoms with Crippen LogP contribution >= 0.6 is 0 Å². The lowest BCUT2D eigenvalue weighted by Crippen LogP contribution is -2.42. The third-order valence-electron chi connectivity index (χ3n) is 4.90. The molecule has 1 saturated heterocycles. The molecule has 1 aromatic rings. The molecule has 1 unspecified atom stereocenters. The summed E-state index contributed by atoms with van der Waals surface area (Å²) in [5.74, 6) is 0.0881. The molecule has 1 atom stereocenters. The Balaban J connectivity index is 1.62. The summed E-state index contributed by atoms with van der Waals surface area (Å²) in [5.41, 5.74) is 5.69. The van der Waals surface area contributed by atoms with E-state index in [9.17, 15) is 4.79 Å². The second kappa shape index (κ2) is 6.48. The smallest absolute Gasteiger partial charge is 0.225 e. The van der Waals surface area contributed by atoms with Crippen molar-refractivity contribution in [2.75, 3.05) is 0 Å². The maximum atomic E-state index is 11.9. The molecule has 1 amide bonds. The van der Waals surface area contributed by atoms with Crippen molar-refractivity contribution in [2.45, 2.75) is 51.9 Å². The molecule has 0 aliphatic carbocycles. The average Bonchev–Trinajstić information content (AvgIpc) is 2.94. The van der Waals surface area contributed by atoms with Gasteiger partial charge >= 0.3 is 0 Å². The van der Waals surface area contributed by atoms with Gasteiger partial charge in [-0.2, -0.15) is 0 Å². The predicted molar refractivity (Wildman–Crippen MR) is 99.5 cm³/mol. The van der Waals surface area contributed by atoms with E-state index in [0.717, 1.165) is 36.3 Å². The third-order valence-corrected chi connectivity index (χ3v) is 4.90. The van der Waals surface area contributed by atoms with E-state index in [2.05, 4.69) is 53.6 Å². The molecule has 3 heterocycles. The van der Waals surface area contributed by atoms with E-state index in [-0.39, 0.29) is 12.1 Å². The van der Waals surface area contributed by atoms with Crippen molar-refractivity contribution in [1.29, 1.82) is 0 Å². The average molecular weight is 336 g/mol. The normalized spacial score (nSPS) is 22.0. The summed E-state index contributed by atoms with van der Waals surface area (Å²) in [7, 11) is 0. The minimum absolute atomic E-state index is 0.0625. The van der Waals surface area contributed by atoms with Gasteiger partial charge in [0.05, 0.1) is 17.6 Å². The number of benzene rings is 1. The maximum absolute atomic E-state index is 11.9. The summed E-state index contributed by atoms with van der Waals surface area (Å²) in [6.07, 6.45) is 6.22. The molecule has 5 nitrogen and oxygen atoms in total. The SMILES string of the molecule is CC(C)NCc1ccc(C2=C3CCC4NC(=O)CC=C(C=N2)N34)cc1. The van der Waals surface area contributed by atoms with Gasteiger partial charge in [-0.15, -0.1) is 0 Å². The van der Waals surface area contributed by atoms with E-state index in [1.54, 1.807) is 0 Å². The molecule has 0 aromatic heterocycles. The summed E-state index contributed by atoms with van der Waals surface area (Å²) in [4.78, 5) is 18.8. The van der Waals surface area contributed by atoms with Gasteiger partial charge in [0.1, 0.15) is 6.17 Å². The monoisotopic (exact) mass is 336 g/mol. The van der Waals surface area contributed by atoms with Crippen LogP contribution in [-0.2, 0) is 11.3 Å². The Hall–Kier alpha value is -2.40. The number of hydrogen-bond acceptors (Lipinski definition) is 4. The van der Waals surface area contributed by atoms with E-state index in [4.69, 9.17) is 4.99 Å². The van der Waals surface area contributed by atoms with Crippen LogP contribution in [0.2, 0.25) is 0 Å². The van der Waals surface area contributed by atoms with Gasteiger partial charge in [-0.25, -0.2) is 0 Å². The van der Waals surface area contributed by atoms with Crippen LogP contribution in [0, 0.1) is 0 Å². The molecule has 130 valence electrons. The molecule has 3 aliphatic rings. The Bertz CT molecular complexity index is 773. The van der Waals surface area contributed by atoms with Crippen molar-refractivity contribution in [3.63, 3.8) is 0 Å². The summed E-state index contributed by atoms with van der Waals surface area (Å²) in [5, 5.41) is 6.55. The van der Waals surface area contributed by atoms with Gasteiger partial charge in [0.2, 0.25) is 5.91 Å². The number of amides is 1. The molecule has 4 rings (SSSR count). The highest BCUT2D eigenvalue weighted by atomic mass is 16.1. The molecule has 0 spiro atoms. The summed E-state index contributed by atoms with van der Waals surface area (Å²) >= 11 is 0. The molecule has 1 aromatic carbocycles. The quantitative estimate of drug-likeness (QED) is 0.889. The molecule has 3 aliphatic heterocycles.